The van der Waals surface area contributed by atoms with Gasteiger partial charge in [0.1, 0.15) is 0 Å². The van der Waals surface area contributed by atoms with Crippen LogP contribution in [-0.2, 0) is 9.47 Å². The predicted molar refractivity (Wildman–Crippen MR) is 158 cm³/mol. The van der Waals surface area contributed by atoms with Crippen molar-refractivity contribution in [2.75, 3.05) is 19.8 Å². The molecule has 0 aromatic rings. The van der Waals surface area contributed by atoms with Gasteiger partial charge in [0, 0.05) is 12.6 Å². The predicted octanol–water partition coefficient (Wildman–Crippen LogP) is 9.02. The number of carbonyl (C=O) groups excluding carboxylic acids is 2. The molecule has 0 aromatic carbocycles. The van der Waals surface area contributed by atoms with Crippen LogP contribution in [0.4, 0.5) is 9.59 Å². The van der Waals surface area contributed by atoms with Gasteiger partial charge in [0.15, 0.2) is 0 Å². The van der Waals surface area contributed by atoms with Crippen LogP contribution in [0, 0.1) is 22.7 Å². The zero-order valence-corrected chi connectivity index (χ0v) is 26.1. The van der Waals surface area contributed by atoms with Crippen LogP contribution in [0.3, 0.4) is 0 Å². The lowest BCUT2D eigenvalue weighted by atomic mass is 9.62. The van der Waals surface area contributed by atoms with Crippen molar-refractivity contribution in [3.8, 4) is 0 Å². The van der Waals surface area contributed by atoms with Crippen LogP contribution >= 0.6 is 0 Å². The van der Waals surface area contributed by atoms with E-state index in [2.05, 4.69) is 59.1 Å². The largest absolute Gasteiger partial charge is 0.450 e. The van der Waals surface area contributed by atoms with Crippen molar-refractivity contribution in [3.63, 3.8) is 0 Å². The van der Waals surface area contributed by atoms with E-state index >= 15 is 0 Å². The van der Waals surface area contributed by atoms with Gasteiger partial charge in [-0.05, 0) is 54.8 Å². The van der Waals surface area contributed by atoms with Crippen molar-refractivity contribution in [2.24, 2.45) is 22.7 Å². The molecular formula is C32H62N2O4. The lowest BCUT2D eigenvalue weighted by Crippen LogP contribution is -2.50. The molecule has 1 rings (SSSR count). The molecule has 224 valence electrons. The molecule has 2 N–H and O–H groups in total. The Labute approximate surface area is 235 Å². The maximum Gasteiger partial charge on any atom is 0.407 e. The minimum absolute atomic E-state index is 0.0424. The van der Waals surface area contributed by atoms with Crippen LogP contribution in [0.25, 0.3) is 0 Å². The molecule has 0 radical (unpaired) electrons. The molecule has 2 unspecified atom stereocenters. The highest BCUT2D eigenvalue weighted by atomic mass is 16.6. The van der Waals surface area contributed by atoms with Crippen LogP contribution in [0.5, 0.6) is 0 Å². The molecule has 0 saturated heterocycles. The van der Waals surface area contributed by atoms with Crippen molar-refractivity contribution >= 4 is 12.2 Å². The normalized spacial score (nSPS) is 20.9. The molecule has 0 bridgehead atoms. The summed E-state index contributed by atoms with van der Waals surface area (Å²) in [6.07, 6.45) is 16.3. The Hall–Kier alpha value is -1.46. The molecule has 2 atom stereocenters. The van der Waals surface area contributed by atoms with Gasteiger partial charge in [-0.25, -0.2) is 9.59 Å². The van der Waals surface area contributed by atoms with E-state index in [-0.39, 0.29) is 29.1 Å². The van der Waals surface area contributed by atoms with Gasteiger partial charge < -0.3 is 20.1 Å². The third kappa shape index (κ3) is 17.9. The number of hydrogen-bond donors (Lipinski definition) is 2. The fraction of sp³-hybridized carbons (Fsp3) is 0.938. The molecular weight excluding hydrogens is 476 g/mol. The smallest absolute Gasteiger partial charge is 0.407 e. The van der Waals surface area contributed by atoms with E-state index in [1.165, 1.54) is 51.4 Å². The van der Waals surface area contributed by atoms with Gasteiger partial charge in [0.25, 0.3) is 0 Å². The Morgan fingerprint density at radius 2 is 1.18 bits per heavy atom. The number of alkyl carbamates (subject to hydrolysis) is 2. The summed E-state index contributed by atoms with van der Waals surface area (Å²) in [5.74, 6) is 1.56. The standard InChI is InChI=1S/C32H62N2O4/c1-26(2)18-14-10-8-12-16-20-37-29(35)33-25-32(7)23-28(22-31(5,6)24-32)34-30(36)38-21-17-13-9-11-15-19-27(3)4/h26-28H,8-25H2,1-7H3,(H,33,35)(H,34,36). The minimum Gasteiger partial charge on any atom is -0.450 e. The first-order valence-electron chi connectivity index (χ1n) is 15.7. The first-order chi connectivity index (χ1) is 17.9. The molecule has 1 fully saturated rings. The molecule has 0 aliphatic heterocycles. The molecule has 0 heterocycles. The van der Waals surface area contributed by atoms with Crippen LogP contribution in [0.15, 0.2) is 0 Å². The first-order valence-corrected chi connectivity index (χ1v) is 15.7. The van der Waals surface area contributed by atoms with Crippen molar-refractivity contribution in [1.82, 2.24) is 10.6 Å². The number of hydrogen-bond acceptors (Lipinski definition) is 4. The molecule has 1 saturated carbocycles. The van der Waals surface area contributed by atoms with Crippen LogP contribution < -0.4 is 10.6 Å². The second kappa shape index (κ2) is 18.8. The topological polar surface area (TPSA) is 76.7 Å². The van der Waals surface area contributed by atoms with E-state index in [1.807, 2.05) is 0 Å². The number of nitrogens with one attached hydrogen (secondary N) is 2. The number of carbonyl (C=O) groups is 2. The summed E-state index contributed by atoms with van der Waals surface area (Å²) in [6, 6.07) is 0.0424. The maximum absolute atomic E-state index is 12.4. The second-order valence-electron chi connectivity index (χ2n) is 13.9. The molecule has 6 nitrogen and oxygen atoms in total. The summed E-state index contributed by atoms with van der Waals surface area (Å²) < 4.78 is 10.9. The average molecular weight is 539 g/mol. The fourth-order valence-corrected chi connectivity index (χ4v) is 6.12. The Balaban J connectivity index is 2.26. The number of unbranched alkanes of at least 4 members (excludes halogenated alkanes) is 8. The van der Waals surface area contributed by atoms with Gasteiger partial charge >= 0.3 is 12.2 Å². The number of ether oxygens (including phenoxy) is 2. The van der Waals surface area contributed by atoms with Gasteiger partial charge in [-0.15, -0.1) is 0 Å². The lowest BCUT2D eigenvalue weighted by molar-refractivity contribution is 0.0621. The highest BCUT2D eigenvalue weighted by Crippen LogP contribution is 2.45. The summed E-state index contributed by atoms with van der Waals surface area (Å²) in [5.41, 5.74) is -0.0345. The molecule has 1 aliphatic carbocycles. The molecule has 1 aliphatic rings. The van der Waals surface area contributed by atoms with Crippen LogP contribution in [0.1, 0.15) is 145 Å². The van der Waals surface area contributed by atoms with E-state index in [0.717, 1.165) is 56.8 Å². The highest BCUT2D eigenvalue weighted by Gasteiger charge is 2.42. The molecule has 6 heteroatoms. The first kappa shape index (κ1) is 34.6. The maximum atomic E-state index is 12.4. The molecule has 0 spiro atoms. The Bertz CT molecular complexity index is 649. The second-order valence-corrected chi connectivity index (χ2v) is 13.9. The zero-order valence-electron chi connectivity index (χ0n) is 26.1. The molecule has 2 amide bonds. The van der Waals surface area contributed by atoms with E-state index < -0.39 is 0 Å². The third-order valence-electron chi connectivity index (χ3n) is 7.74. The fourth-order valence-electron chi connectivity index (χ4n) is 6.12. The van der Waals surface area contributed by atoms with Gasteiger partial charge in [0.2, 0.25) is 0 Å². The number of rotatable bonds is 19. The molecule has 38 heavy (non-hydrogen) atoms. The Morgan fingerprint density at radius 3 is 1.71 bits per heavy atom. The van der Waals surface area contributed by atoms with Crippen molar-refractivity contribution in [2.45, 2.75) is 151 Å². The summed E-state index contributed by atoms with van der Waals surface area (Å²) in [7, 11) is 0. The lowest BCUT2D eigenvalue weighted by Gasteiger charge is -2.46. The summed E-state index contributed by atoms with van der Waals surface area (Å²) in [6.45, 7) is 17.3. The monoisotopic (exact) mass is 538 g/mol. The van der Waals surface area contributed by atoms with E-state index in [0.29, 0.717) is 19.8 Å². The Kier molecular flexibility index (Phi) is 17.1. The SMILES string of the molecule is CC(C)CCCCCCCOC(=O)NCC1(C)CC(NC(=O)OCCCCCCCC(C)C)CC(C)(C)C1. The van der Waals surface area contributed by atoms with E-state index in [1.54, 1.807) is 0 Å². The van der Waals surface area contributed by atoms with E-state index in [9.17, 15) is 9.59 Å². The Morgan fingerprint density at radius 1 is 0.711 bits per heavy atom. The third-order valence-corrected chi connectivity index (χ3v) is 7.74. The highest BCUT2D eigenvalue weighted by molar-refractivity contribution is 5.68. The molecule has 0 aromatic heterocycles. The van der Waals surface area contributed by atoms with Gasteiger partial charge in [-0.1, -0.05) is 113 Å². The summed E-state index contributed by atoms with van der Waals surface area (Å²) in [5, 5.41) is 6.10. The van der Waals surface area contributed by atoms with Crippen molar-refractivity contribution in [1.29, 1.82) is 0 Å². The van der Waals surface area contributed by atoms with Crippen LogP contribution in [-0.4, -0.2) is 38.0 Å². The quantitative estimate of drug-likeness (QED) is 0.161. The zero-order chi connectivity index (χ0) is 28.4. The minimum atomic E-state index is -0.331. The number of amides is 2. The van der Waals surface area contributed by atoms with E-state index in [4.69, 9.17) is 9.47 Å². The average Bonchev–Trinajstić information content (AvgIpc) is 2.79. The summed E-state index contributed by atoms with van der Waals surface area (Å²) in [4.78, 5) is 24.7. The van der Waals surface area contributed by atoms with Gasteiger partial charge in [0.05, 0.1) is 13.2 Å². The van der Waals surface area contributed by atoms with Crippen molar-refractivity contribution in [3.05, 3.63) is 0 Å². The van der Waals surface area contributed by atoms with Gasteiger partial charge in [-0.2, -0.15) is 0 Å². The van der Waals surface area contributed by atoms with Gasteiger partial charge in [-0.3, -0.25) is 0 Å². The van der Waals surface area contributed by atoms with Crippen molar-refractivity contribution < 1.29 is 19.1 Å². The van der Waals surface area contributed by atoms with Crippen LogP contribution in [0.2, 0.25) is 0 Å². The summed E-state index contributed by atoms with van der Waals surface area (Å²) >= 11 is 0.